The fraction of sp³-hybridized carbons (Fsp3) is 0.375. The first kappa shape index (κ1) is 20.0. The second-order valence-corrected chi connectivity index (χ2v) is 9.66. The van der Waals surface area contributed by atoms with Crippen LogP contribution in [0.5, 0.6) is 0 Å². The van der Waals surface area contributed by atoms with Crippen molar-refractivity contribution in [3.8, 4) is 0 Å². The number of aryl methyl sites for hydroxylation is 1. The SMILES string of the molecule is O=C(Nc1ccccc1)c1c(NC(=O)[C@@H]2[C@@H](C(=O)O)[C@H]3C=C[C@H]2CC3)sc2c1CCC2. The van der Waals surface area contributed by atoms with Gasteiger partial charge in [-0.15, -0.1) is 11.3 Å². The van der Waals surface area contributed by atoms with Crippen LogP contribution in [0.15, 0.2) is 42.5 Å². The van der Waals surface area contributed by atoms with Crippen LogP contribution < -0.4 is 10.6 Å². The molecule has 6 nitrogen and oxygen atoms in total. The van der Waals surface area contributed by atoms with Gasteiger partial charge in [0, 0.05) is 10.6 Å². The number of benzene rings is 1. The first-order valence-corrected chi connectivity index (χ1v) is 11.6. The minimum Gasteiger partial charge on any atom is -0.481 e. The molecule has 1 aromatic heterocycles. The van der Waals surface area contributed by atoms with Gasteiger partial charge in [0.15, 0.2) is 0 Å². The van der Waals surface area contributed by atoms with Gasteiger partial charge in [-0.05, 0) is 61.6 Å². The molecule has 2 aromatic rings. The smallest absolute Gasteiger partial charge is 0.307 e. The zero-order valence-electron chi connectivity index (χ0n) is 17.0. The molecule has 0 radical (unpaired) electrons. The van der Waals surface area contributed by atoms with Crippen molar-refractivity contribution in [1.82, 2.24) is 0 Å². The summed E-state index contributed by atoms with van der Waals surface area (Å²) in [7, 11) is 0. The molecule has 2 amide bonds. The van der Waals surface area contributed by atoms with Crippen molar-refractivity contribution in [1.29, 1.82) is 0 Å². The number of carboxylic acids is 1. The maximum absolute atomic E-state index is 13.3. The van der Waals surface area contributed by atoms with E-state index in [4.69, 9.17) is 0 Å². The zero-order chi connectivity index (χ0) is 21.5. The Bertz CT molecular complexity index is 1070. The molecule has 3 N–H and O–H groups in total. The standard InChI is InChI=1S/C24H24N2O4S/c27-21(18-13-9-11-14(12-10-13)19(18)24(29)30)26-23-20(16-7-4-8-17(16)31-23)22(28)25-15-5-2-1-3-6-15/h1-3,5-6,9,11,13-14,18-19H,4,7-8,10,12H2,(H,25,28)(H,26,27)(H,29,30)/t13-,14-,18-,19-/m0/s1. The summed E-state index contributed by atoms with van der Waals surface area (Å²) in [6.07, 6.45) is 8.29. The Balaban J connectivity index is 1.43. The summed E-state index contributed by atoms with van der Waals surface area (Å²) in [6, 6.07) is 9.24. The third-order valence-corrected chi connectivity index (χ3v) is 7.96. The van der Waals surface area contributed by atoms with Crippen molar-refractivity contribution in [2.24, 2.45) is 23.7 Å². The average molecular weight is 437 g/mol. The number of carbonyl (C=O) groups excluding carboxylic acids is 2. The number of amides is 2. The Labute approximate surface area is 184 Å². The molecule has 7 heteroatoms. The molecule has 4 aliphatic rings. The molecular weight excluding hydrogens is 412 g/mol. The van der Waals surface area contributed by atoms with Crippen LogP contribution in [0.2, 0.25) is 0 Å². The summed E-state index contributed by atoms with van der Waals surface area (Å²) in [6.45, 7) is 0. The largest absolute Gasteiger partial charge is 0.481 e. The molecule has 0 saturated heterocycles. The fourth-order valence-electron chi connectivity index (χ4n) is 5.33. The van der Waals surface area contributed by atoms with E-state index in [9.17, 15) is 19.5 Å². The summed E-state index contributed by atoms with van der Waals surface area (Å²) >= 11 is 1.45. The highest BCUT2D eigenvalue weighted by Crippen LogP contribution is 2.46. The van der Waals surface area contributed by atoms with Crippen molar-refractivity contribution in [3.05, 3.63) is 58.5 Å². The topological polar surface area (TPSA) is 95.5 Å². The number of aliphatic carboxylic acids is 1. The third kappa shape index (κ3) is 3.57. The second kappa shape index (κ2) is 7.96. The monoisotopic (exact) mass is 436 g/mol. The number of thiophene rings is 1. The van der Waals surface area contributed by atoms with E-state index in [0.29, 0.717) is 16.3 Å². The van der Waals surface area contributed by atoms with Crippen LogP contribution in [0, 0.1) is 23.7 Å². The van der Waals surface area contributed by atoms with Gasteiger partial charge in [0.05, 0.1) is 17.4 Å². The predicted molar refractivity (Wildman–Crippen MR) is 119 cm³/mol. The van der Waals surface area contributed by atoms with Gasteiger partial charge < -0.3 is 15.7 Å². The first-order chi connectivity index (χ1) is 15.0. The Morgan fingerprint density at radius 3 is 2.32 bits per heavy atom. The summed E-state index contributed by atoms with van der Waals surface area (Å²) in [5, 5.41) is 16.2. The van der Waals surface area contributed by atoms with Crippen LogP contribution in [0.4, 0.5) is 10.7 Å². The van der Waals surface area contributed by atoms with Crippen molar-refractivity contribution in [2.45, 2.75) is 32.1 Å². The molecule has 1 heterocycles. The molecule has 0 spiro atoms. The lowest BCUT2D eigenvalue weighted by Gasteiger charge is -2.41. The number of rotatable bonds is 5. The minimum absolute atomic E-state index is 0.0699. The third-order valence-electron chi connectivity index (χ3n) is 6.75. The van der Waals surface area contributed by atoms with Crippen molar-refractivity contribution < 1.29 is 19.5 Å². The average Bonchev–Trinajstić information content (AvgIpc) is 3.35. The van der Waals surface area contributed by atoms with Gasteiger partial charge in [-0.25, -0.2) is 0 Å². The van der Waals surface area contributed by atoms with E-state index in [-0.39, 0.29) is 23.7 Å². The first-order valence-electron chi connectivity index (χ1n) is 10.8. The van der Waals surface area contributed by atoms with E-state index < -0.39 is 17.8 Å². The second-order valence-electron chi connectivity index (χ2n) is 8.55. The van der Waals surface area contributed by atoms with E-state index in [0.717, 1.165) is 42.5 Å². The highest BCUT2D eigenvalue weighted by Gasteiger charge is 2.48. The van der Waals surface area contributed by atoms with E-state index in [1.165, 1.54) is 11.3 Å². The Morgan fingerprint density at radius 1 is 0.935 bits per heavy atom. The van der Waals surface area contributed by atoms with Gasteiger partial charge in [0.25, 0.3) is 5.91 Å². The molecule has 1 aromatic carbocycles. The predicted octanol–water partition coefficient (Wildman–Crippen LogP) is 4.34. The number of fused-ring (bicyclic) bond motifs is 3. The molecule has 0 unspecified atom stereocenters. The summed E-state index contributed by atoms with van der Waals surface area (Å²) in [5.41, 5.74) is 2.23. The van der Waals surface area contributed by atoms with E-state index in [1.54, 1.807) is 0 Å². The molecule has 4 atom stereocenters. The van der Waals surface area contributed by atoms with Crippen molar-refractivity contribution in [3.63, 3.8) is 0 Å². The lowest BCUT2D eigenvalue weighted by Crippen LogP contribution is -2.47. The lowest BCUT2D eigenvalue weighted by molar-refractivity contribution is -0.151. The molecule has 4 aliphatic carbocycles. The van der Waals surface area contributed by atoms with E-state index in [1.807, 2.05) is 42.5 Å². The van der Waals surface area contributed by atoms with E-state index >= 15 is 0 Å². The summed E-state index contributed by atoms with van der Waals surface area (Å²) in [5.74, 6) is -2.94. The number of nitrogens with one attached hydrogen (secondary N) is 2. The van der Waals surface area contributed by atoms with Gasteiger partial charge >= 0.3 is 5.97 Å². The van der Waals surface area contributed by atoms with Crippen LogP contribution in [0.25, 0.3) is 0 Å². The van der Waals surface area contributed by atoms with Gasteiger partial charge in [-0.2, -0.15) is 0 Å². The molecular formula is C24H24N2O4S. The highest BCUT2D eigenvalue weighted by atomic mass is 32.1. The summed E-state index contributed by atoms with van der Waals surface area (Å²) in [4.78, 5) is 39.5. The molecule has 160 valence electrons. The Kier molecular flexibility index (Phi) is 5.14. The van der Waals surface area contributed by atoms with Gasteiger partial charge in [-0.3, -0.25) is 14.4 Å². The zero-order valence-corrected chi connectivity index (χ0v) is 17.8. The van der Waals surface area contributed by atoms with Crippen molar-refractivity contribution in [2.75, 3.05) is 10.6 Å². The number of para-hydroxylation sites is 1. The minimum atomic E-state index is -0.921. The number of carboxylic acid groups (broad SMARTS) is 1. The van der Waals surface area contributed by atoms with Crippen LogP contribution >= 0.6 is 11.3 Å². The maximum atomic E-state index is 13.3. The number of anilines is 2. The summed E-state index contributed by atoms with van der Waals surface area (Å²) < 4.78 is 0. The molecule has 31 heavy (non-hydrogen) atoms. The number of hydrogen-bond donors (Lipinski definition) is 3. The van der Waals surface area contributed by atoms with Crippen molar-refractivity contribution >= 4 is 39.8 Å². The van der Waals surface area contributed by atoms with Crippen LogP contribution in [0.3, 0.4) is 0 Å². The normalized spacial score (nSPS) is 25.8. The maximum Gasteiger partial charge on any atom is 0.307 e. The van der Waals surface area contributed by atoms with Gasteiger partial charge in [0.2, 0.25) is 5.91 Å². The fourth-order valence-corrected chi connectivity index (χ4v) is 6.62. The number of carbonyl (C=O) groups is 3. The molecule has 1 saturated carbocycles. The molecule has 2 bridgehead atoms. The number of hydrogen-bond acceptors (Lipinski definition) is 4. The lowest BCUT2D eigenvalue weighted by atomic mass is 9.62. The Hall–Kier alpha value is -2.93. The molecule has 0 aliphatic heterocycles. The molecule has 6 rings (SSSR count). The Morgan fingerprint density at radius 2 is 1.65 bits per heavy atom. The van der Waals surface area contributed by atoms with Gasteiger partial charge in [0.1, 0.15) is 5.00 Å². The quantitative estimate of drug-likeness (QED) is 0.608. The van der Waals surface area contributed by atoms with Gasteiger partial charge in [-0.1, -0.05) is 30.4 Å². The highest BCUT2D eigenvalue weighted by molar-refractivity contribution is 7.17. The number of allylic oxidation sites excluding steroid dienone is 2. The van der Waals surface area contributed by atoms with Crippen LogP contribution in [-0.2, 0) is 22.4 Å². The van der Waals surface area contributed by atoms with Crippen LogP contribution in [0.1, 0.15) is 40.1 Å². The van der Waals surface area contributed by atoms with E-state index in [2.05, 4.69) is 10.6 Å². The van der Waals surface area contributed by atoms with Crippen LogP contribution in [-0.4, -0.2) is 22.9 Å². The molecule has 1 fully saturated rings.